The summed E-state index contributed by atoms with van der Waals surface area (Å²) in [5.74, 6) is 0.119. The molecule has 1 aromatic carbocycles. The number of hydrogen-bond donors (Lipinski definition) is 3. The van der Waals surface area contributed by atoms with Crippen molar-refractivity contribution in [3.8, 4) is 0 Å². The SMILES string of the molecule is CCN[C@H](C)CNC(=O)C(C)SCC(=O)Nc1ccc(C)cc1.Cl. The molecule has 5 nitrogen and oxygen atoms in total. The molecule has 0 aliphatic rings. The van der Waals surface area contributed by atoms with Crippen LogP contribution < -0.4 is 16.0 Å². The zero-order chi connectivity index (χ0) is 17.2. The first-order chi connectivity index (χ1) is 10.9. The van der Waals surface area contributed by atoms with Crippen LogP contribution in [-0.4, -0.2) is 41.9 Å². The number of anilines is 1. The van der Waals surface area contributed by atoms with Crippen molar-refractivity contribution >= 4 is 41.7 Å². The van der Waals surface area contributed by atoms with E-state index in [0.717, 1.165) is 17.8 Å². The fraction of sp³-hybridized carbons (Fsp3) is 0.529. The summed E-state index contributed by atoms with van der Waals surface area (Å²) in [6.45, 7) is 9.34. The van der Waals surface area contributed by atoms with E-state index in [1.807, 2.05) is 52.0 Å². The molecule has 0 spiro atoms. The van der Waals surface area contributed by atoms with E-state index in [9.17, 15) is 9.59 Å². The van der Waals surface area contributed by atoms with E-state index in [4.69, 9.17) is 0 Å². The van der Waals surface area contributed by atoms with Crippen molar-refractivity contribution in [1.82, 2.24) is 10.6 Å². The standard InChI is InChI=1S/C17H27N3O2S.ClH/c1-5-18-13(3)10-19-17(22)14(4)23-11-16(21)20-15-8-6-12(2)7-9-15;/h6-9,13-14,18H,5,10-11H2,1-4H3,(H,19,22)(H,20,21);1H/t13-,14?;/m1./s1. The van der Waals surface area contributed by atoms with Crippen molar-refractivity contribution < 1.29 is 9.59 Å². The maximum Gasteiger partial charge on any atom is 0.234 e. The Bertz CT molecular complexity index is 511. The van der Waals surface area contributed by atoms with Gasteiger partial charge in [0.1, 0.15) is 0 Å². The minimum Gasteiger partial charge on any atom is -0.354 e. The zero-order valence-corrected chi connectivity index (χ0v) is 16.4. The average molecular weight is 374 g/mol. The minimum atomic E-state index is -0.257. The maximum atomic E-state index is 12.0. The van der Waals surface area contributed by atoms with Gasteiger partial charge in [-0.15, -0.1) is 24.2 Å². The molecule has 0 bridgehead atoms. The van der Waals surface area contributed by atoms with Crippen LogP contribution in [0.1, 0.15) is 26.3 Å². The van der Waals surface area contributed by atoms with Gasteiger partial charge in [-0.2, -0.15) is 0 Å². The number of likely N-dealkylation sites (N-methyl/N-ethyl adjacent to an activating group) is 1. The second-order valence-electron chi connectivity index (χ2n) is 5.57. The smallest absolute Gasteiger partial charge is 0.234 e. The predicted octanol–water partition coefficient (Wildman–Crippen LogP) is 2.59. The summed E-state index contributed by atoms with van der Waals surface area (Å²) >= 11 is 1.34. The molecule has 0 radical (unpaired) electrons. The van der Waals surface area contributed by atoms with Gasteiger partial charge in [0.2, 0.25) is 11.8 Å². The van der Waals surface area contributed by atoms with Crippen molar-refractivity contribution in [3.05, 3.63) is 29.8 Å². The van der Waals surface area contributed by atoms with Crippen LogP contribution in [0.3, 0.4) is 0 Å². The van der Waals surface area contributed by atoms with E-state index in [1.54, 1.807) is 0 Å². The van der Waals surface area contributed by atoms with Gasteiger partial charge in [-0.3, -0.25) is 9.59 Å². The van der Waals surface area contributed by atoms with Gasteiger partial charge in [0.15, 0.2) is 0 Å². The Morgan fingerprint density at radius 2 is 1.79 bits per heavy atom. The quantitative estimate of drug-likeness (QED) is 0.622. The number of carbonyl (C=O) groups excluding carboxylic acids is 2. The highest BCUT2D eigenvalue weighted by Crippen LogP contribution is 2.13. The van der Waals surface area contributed by atoms with E-state index in [-0.39, 0.29) is 41.3 Å². The van der Waals surface area contributed by atoms with Gasteiger partial charge in [-0.25, -0.2) is 0 Å². The van der Waals surface area contributed by atoms with Crippen molar-refractivity contribution in [2.45, 2.75) is 39.0 Å². The summed E-state index contributed by atoms with van der Waals surface area (Å²) in [4.78, 5) is 23.9. The Morgan fingerprint density at radius 1 is 1.17 bits per heavy atom. The summed E-state index contributed by atoms with van der Waals surface area (Å²) in [7, 11) is 0. The molecular weight excluding hydrogens is 346 g/mol. The van der Waals surface area contributed by atoms with Gasteiger partial charge < -0.3 is 16.0 Å². The van der Waals surface area contributed by atoms with Crippen LogP contribution in [0.25, 0.3) is 0 Å². The number of hydrogen-bond acceptors (Lipinski definition) is 4. The van der Waals surface area contributed by atoms with Crippen LogP contribution in [0.2, 0.25) is 0 Å². The highest BCUT2D eigenvalue weighted by Gasteiger charge is 2.15. The van der Waals surface area contributed by atoms with Crippen LogP contribution >= 0.6 is 24.2 Å². The Morgan fingerprint density at radius 3 is 2.38 bits per heavy atom. The first kappa shape index (κ1) is 22.8. The highest BCUT2D eigenvalue weighted by atomic mass is 35.5. The third-order valence-electron chi connectivity index (χ3n) is 3.30. The number of thioether (sulfide) groups is 1. The van der Waals surface area contributed by atoms with Gasteiger partial charge in [-0.1, -0.05) is 24.6 Å². The third kappa shape index (κ3) is 9.15. The van der Waals surface area contributed by atoms with E-state index < -0.39 is 0 Å². The number of nitrogens with one attached hydrogen (secondary N) is 3. The molecule has 2 atom stereocenters. The zero-order valence-electron chi connectivity index (χ0n) is 14.7. The molecule has 0 saturated heterocycles. The second-order valence-corrected chi connectivity index (χ2v) is 6.90. The lowest BCUT2D eigenvalue weighted by molar-refractivity contribution is -0.120. The molecule has 0 heterocycles. The van der Waals surface area contributed by atoms with E-state index in [1.165, 1.54) is 11.8 Å². The second kappa shape index (κ2) is 12.2. The van der Waals surface area contributed by atoms with Gasteiger partial charge in [0.25, 0.3) is 0 Å². The van der Waals surface area contributed by atoms with Crippen LogP contribution in [0.15, 0.2) is 24.3 Å². The molecule has 24 heavy (non-hydrogen) atoms. The highest BCUT2D eigenvalue weighted by molar-refractivity contribution is 8.01. The molecule has 0 saturated carbocycles. The summed E-state index contributed by atoms with van der Waals surface area (Å²) in [5, 5.41) is 8.70. The van der Waals surface area contributed by atoms with Crippen LogP contribution in [-0.2, 0) is 9.59 Å². The van der Waals surface area contributed by atoms with Gasteiger partial charge in [-0.05, 0) is 39.4 Å². The molecule has 1 aromatic rings. The fourth-order valence-electron chi connectivity index (χ4n) is 1.93. The van der Waals surface area contributed by atoms with Crippen LogP contribution in [0.5, 0.6) is 0 Å². The summed E-state index contributed by atoms with van der Waals surface area (Å²) in [5.41, 5.74) is 1.92. The van der Waals surface area contributed by atoms with E-state index >= 15 is 0 Å². The van der Waals surface area contributed by atoms with Crippen molar-refractivity contribution in [2.24, 2.45) is 0 Å². The minimum absolute atomic E-state index is 0. The summed E-state index contributed by atoms with van der Waals surface area (Å²) < 4.78 is 0. The monoisotopic (exact) mass is 373 g/mol. The van der Waals surface area contributed by atoms with Crippen LogP contribution in [0, 0.1) is 6.92 Å². The normalized spacial score (nSPS) is 12.7. The molecule has 2 amide bonds. The summed E-state index contributed by atoms with van der Waals surface area (Å²) in [6, 6.07) is 7.88. The molecule has 7 heteroatoms. The largest absolute Gasteiger partial charge is 0.354 e. The van der Waals surface area contributed by atoms with Crippen molar-refractivity contribution in [2.75, 3.05) is 24.2 Å². The molecule has 0 fully saturated rings. The van der Waals surface area contributed by atoms with Crippen molar-refractivity contribution in [1.29, 1.82) is 0 Å². The maximum absolute atomic E-state index is 12.0. The van der Waals surface area contributed by atoms with Gasteiger partial charge >= 0.3 is 0 Å². The Labute approximate surface area is 155 Å². The van der Waals surface area contributed by atoms with E-state index in [2.05, 4.69) is 16.0 Å². The third-order valence-corrected chi connectivity index (χ3v) is 4.45. The first-order valence-corrected chi connectivity index (χ1v) is 8.96. The number of halogens is 1. The number of amides is 2. The number of rotatable bonds is 9. The lowest BCUT2D eigenvalue weighted by Gasteiger charge is -2.16. The Balaban J connectivity index is 0.00000529. The molecule has 1 unspecified atom stereocenters. The topological polar surface area (TPSA) is 70.2 Å². The molecule has 0 aliphatic carbocycles. The molecule has 0 aliphatic heterocycles. The molecule has 1 rings (SSSR count). The van der Waals surface area contributed by atoms with Crippen LogP contribution in [0.4, 0.5) is 5.69 Å². The molecule has 3 N–H and O–H groups in total. The number of benzene rings is 1. The predicted molar refractivity (Wildman–Crippen MR) is 105 cm³/mol. The molecule has 136 valence electrons. The average Bonchev–Trinajstić information content (AvgIpc) is 2.52. The lowest BCUT2D eigenvalue weighted by Crippen LogP contribution is -2.41. The molecular formula is C17H28ClN3O2S. The molecule has 0 aromatic heterocycles. The van der Waals surface area contributed by atoms with Gasteiger partial charge in [0.05, 0.1) is 11.0 Å². The Kier molecular flexibility index (Phi) is 11.5. The number of carbonyl (C=O) groups is 2. The fourth-order valence-corrected chi connectivity index (χ4v) is 2.64. The van der Waals surface area contributed by atoms with Gasteiger partial charge in [0, 0.05) is 18.3 Å². The van der Waals surface area contributed by atoms with E-state index in [0.29, 0.717) is 6.54 Å². The summed E-state index contributed by atoms with van der Waals surface area (Å²) in [6.07, 6.45) is 0. The lowest BCUT2D eigenvalue weighted by atomic mass is 10.2. The van der Waals surface area contributed by atoms with Crippen molar-refractivity contribution in [3.63, 3.8) is 0 Å². The first-order valence-electron chi connectivity index (χ1n) is 7.91. The Hall–Kier alpha value is -1.24. The number of aryl methyl sites for hydroxylation is 1.